The minimum atomic E-state index is -0.772. The lowest BCUT2D eigenvalue weighted by Gasteiger charge is -2.29. The van der Waals surface area contributed by atoms with Crippen molar-refractivity contribution >= 4 is 29.0 Å². The van der Waals surface area contributed by atoms with Crippen molar-refractivity contribution in [2.45, 2.75) is 37.8 Å². The molecule has 4 aromatic heterocycles. The Hall–Kier alpha value is -4.32. The molecule has 0 aliphatic heterocycles. The van der Waals surface area contributed by atoms with Crippen LogP contribution in [0.5, 0.6) is 0 Å². The van der Waals surface area contributed by atoms with Gasteiger partial charge in [0.1, 0.15) is 11.4 Å². The highest BCUT2D eigenvalue weighted by atomic mass is 16.2. The minimum absolute atomic E-state index is 0.0584. The quantitative estimate of drug-likeness (QED) is 0.334. The Morgan fingerprint density at radius 2 is 2.00 bits per heavy atom. The van der Waals surface area contributed by atoms with Gasteiger partial charge < -0.3 is 22.1 Å². The number of amides is 2. The standard InChI is InChI=1S/C22H24N10O2/c23-15-5-1-2-6-16(15)27-18-7-9-31-21(29-18)14(11-26-31)22(34)28-17-12-32(30-19(17)20(24)33)13-4-3-8-25-10-13/h3-4,7-12,15-16H,1-2,5-6,23H2,(H2,24,33)(H,27,29)(H,28,34)/t15-,16+/m1/s1. The number of hydrogen-bond donors (Lipinski definition) is 4. The van der Waals surface area contributed by atoms with Gasteiger partial charge in [-0.3, -0.25) is 14.6 Å². The molecule has 0 unspecified atom stereocenters. The number of carbonyl (C=O) groups is 2. The lowest BCUT2D eigenvalue weighted by molar-refractivity contribution is 0.0996. The fourth-order valence-electron chi connectivity index (χ4n) is 4.10. The Kier molecular flexibility index (Phi) is 5.64. The summed E-state index contributed by atoms with van der Waals surface area (Å²) in [7, 11) is 0. The van der Waals surface area contributed by atoms with Crippen molar-refractivity contribution in [3.63, 3.8) is 0 Å². The number of primary amides is 1. The van der Waals surface area contributed by atoms with Gasteiger partial charge in [-0.15, -0.1) is 0 Å². The first-order valence-electron chi connectivity index (χ1n) is 11.0. The van der Waals surface area contributed by atoms with Crippen LogP contribution in [0.3, 0.4) is 0 Å². The Morgan fingerprint density at radius 1 is 1.15 bits per heavy atom. The van der Waals surface area contributed by atoms with Gasteiger partial charge >= 0.3 is 0 Å². The third kappa shape index (κ3) is 4.18. The highest BCUT2D eigenvalue weighted by Crippen LogP contribution is 2.22. The molecule has 0 spiro atoms. The Morgan fingerprint density at radius 3 is 2.76 bits per heavy atom. The summed E-state index contributed by atoms with van der Waals surface area (Å²) in [5.41, 5.74) is 13.0. The van der Waals surface area contributed by atoms with Crippen molar-refractivity contribution in [2.24, 2.45) is 11.5 Å². The molecule has 0 saturated heterocycles. The van der Waals surface area contributed by atoms with Crippen LogP contribution in [0.2, 0.25) is 0 Å². The number of nitrogens with one attached hydrogen (secondary N) is 2. The summed E-state index contributed by atoms with van der Waals surface area (Å²) in [5.74, 6) is -0.653. The molecule has 34 heavy (non-hydrogen) atoms. The topological polar surface area (TPSA) is 171 Å². The van der Waals surface area contributed by atoms with Gasteiger partial charge in [-0.05, 0) is 31.0 Å². The molecule has 4 heterocycles. The maximum atomic E-state index is 13.1. The van der Waals surface area contributed by atoms with Crippen molar-refractivity contribution in [3.05, 3.63) is 60.4 Å². The second-order valence-corrected chi connectivity index (χ2v) is 8.20. The fraction of sp³-hybridized carbons (Fsp3) is 0.273. The molecule has 1 fully saturated rings. The van der Waals surface area contributed by atoms with Crippen molar-refractivity contribution in [3.8, 4) is 5.69 Å². The lowest BCUT2D eigenvalue weighted by atomic mass is 9.91. The summed E-state index contributed by atoms with van der Waals surface area (Å²) in [6, 6.07) is 5.48. The van der Waals surface area contributed by atoms with Gasteiger partial charge in [0.05, 0.1) is 30.0 Å². The molecule has 12 nitrogen and oxygen atoms in total. The van der Waals surface area contributed by atoms with Gasteiger partial charge in [-0.25, -0.2) is 14.2 Å². The zero-order valence-electron chi connectivity index (χ0n) is 18.3. The SMILES string of the molecule is NC(=O)c1nn(-c2cccnc2)cc1NC(=O)c1cnn2ccc(N[C@H]3CCCC[C@H]3N)nc12. The molecule has 12 heteroatoms. The second-order valence-electron chi connectivity index (χ2n) is 8.20. The summed E-state index contributed by atoms with van der Waals surface area (Å²) >= 11 is 0. The van der Waals surface area contributed by atoms with Gasteiger partial charge in [0, 0.05) is 24.5 Å². The van der Waals surface area contributed by atoms with E-state index in [4.69, 9.17) is 11.5 Å². The maximum Gasteiger partial charge on any atom is 0.271 e. The van der Waals surface area contributed by atoms with Crippen LogP contribution in [0.1, 0.15) is 46.5 Å². The third-order valence-electron chi connectivity index (χ3n) is 5.87. The van der Waals surface area contributed by atoms with E-state index in [1.54, 1.807) is 36.8 Å². The van der Waals surface area contributed by atoms with E-state index < -0.39 is 11.8 Å². The predicted octanol–water partition coefficient (Wildman–Crippen LogP) is 1.34. The number of rotatable bonds is 6. The van der Waals surface area contributed by atoms with Gasteiger partial charge in [0.2, 0.25) is 0 Å². The second kappa shape index (κ2) is 8.90. The van der Waals surface area contributed by atoms with Crippen LogP contribution in [0.15, 0.2) is 49.2 Å². The van der Waals surface area contributed by atoms with Gasteiger partial charge in [0.25, 0.3) is 11.8 Å². The lowest BCUT2D eigenvalue weighted by Crippen LogP contribution is -2.42. The smallest absolute Gasteiger partial charge is 0.271 e. The van der Waals surface area contributed by atoms with Crippen LogP contribution in [0.4, 0.5) is 11.5 Å². The van der Waals surface area contributed by atoms with Crippen molar-refractivity contribution < 1.29 is 9.59 Å². The minimum Gasteiger partial charge on any atom is -0.366 e. The zero-order chi connectivity index (χ0) is 23.7. The van der Waals surface area contributed by atoms with Gasteiger partial charge in [-0.2, -0.15) is 10.2 Å². The molecule has 174 valence electrons. The molecule has 0 radical (unpaired) electrons. The molecular weight excluding hydrogens is 436 g/mol. The number of fused-ring (bicyclic) bond motifs is 1. The summed E-state index contributed by atoms with van der Waals surface area (Å²) in [5, 5.41) is 14.5. The van der Waals surface area contributed by atoms with E-state index in [9.17, 15) is 9.59 Å². The van der Waals surface area contributed by atoms with E-state index in [0.29, 0.717) is 17.2 Å². The molecule has 2 atom stereocenters. The molecule has 1 aliphatic carbocycles. The summed E-state index contributed by atoms with van der Waals surface area (Å²) in [6.07, 6.45) is 12.0. The van der Waals surface area contributed by atoms with Crippen LogP contribution >= 0.6 is 0 Å². The fourth-order valence-corrected chi connectivity index (χ4v) is 4.10. The molecule has 1 saturated carbocycles. The monoisotopic (exact) mass is 460 g/mol. The molecule has 4 aromatic rings. The largest absolute Gasteiger partial charge is 0.366 e. The van der Waals surface area contributed by atoms with Crippen molar-refractivity contribution in [1.82, 2.24) is 29.4 Å². The van der Waals surface area contributed by atoms with Crippen LogP contribution in [-0.2, 0) is 0 Å². The van der Waals surface area contributed by atoms with Crippen LogP contribution < -0.4 is 22.1 Å². The Balaban J connectivity index is 1.41. The average Bonchev–Trinajstić information content (AvgIpc) is 3.45. The van der Waals surface area contributed by atoms with Gasteiger partial charge in [-0.1, -0.05) is 12.8 Å². The molecule has 5 rings (SSSR count). The summed E-state index contributed by atoms with van der Waals surface area (Å²) < 4.78 is 2.93. The highest BCUT2D eigenvalue weighted by molar-refractivity contribution is 6.10. The number of carbonyl (C=O) groups excluding carboxylic acids is 2. The number of hydrogen-bond acceptors (Lipinski definition) is 8. The summed E-state index contributed by atoms with van der Waals surface area (Å²) in [4.78, 5) is 33.7. The van der Waals surface area contributed by atoms with Crippen molar-refractivity contribution in [2.75, 3.05) is 10.6 Å². The average molecular weight is 461 g/mol. The molecule has 0 aromatic carbocycles. The van der Waals surface area contributed by atoms with Crippen LogP contribution in [0.25, 0.3) is 11.3 Å². The summed E-state index contributed by atoms with van der Waals surface area (Å²) in [6.45, 7) is 0. The van der Waals surface area contributed by atoms with E-state index >= 15 is 0 Å². The van der Waals surface area contributed by atoms with E-state index in [2.05, 4.69) is 30.8 Å². The number of pyridine rings is 1. The first-order valence-corrected chi connectivity index (χ1v) is 11.0. The Bertz CT molecular complexity index is 1350. The Labute approximate surface area is 194 Å². The first-order chi connectivity index (χ1) is 16.5. The van der Waals surface area contributed by atoms with Crippen molar-refractivity contribution in [1.29, 1.82) is 0 Å². The molecule has 6 N–H and O–H groups in total. The van der Waals surface area contributed by atoms with E-state index in [1.807, 2.05) is 0 Å². The van der Waals surface area contributed by atoms with E-state index in [1.165, 1.54) is 21.6 Å². The van der Waals surface area contributed by atoms with Gasteiger partial charge in [0.15, 0.2) is 11.3 Å². The molecule has 2 amide bonds. The van der Waals surface area contributed by atoms with E-state index in [-0.39, 0.29) is 29.0 Å². The molecular formula is C22H24N10O2. The normalized spacial score (nSPS) is 18.0. The number of aromatic nitrogens is 6. The van der Waals surface area contributed by atoms with Crippen LogP contribution in [-0.4, -0.2) is 53.3 Å². The number of nitrogens with two attached hydrogens (primary N) is 2. The molecule has 0 bridgehead atoms. The van der Waals surface area contributed by atoms with Crippen LogP contribution in [0, 0.1) is 0 Å². The third-order valence-corrected chi connectivity index (χ3v) is 5.87. The highest BCUT2D eigenvalue weighted by Gasteiger charge is 2.23. The number of anilines is 2. The molecule has 1 aliphatic rings. The zero-order valence-corrected chi connectivity index (χ0v) is 18.3. The first kappa shape index (κ1) is 21.5. The number of nitrogens with zero attached hydrogens (tertiary/aromatic N) is 6. The maximum absolute atomic E-state index is 13.1. The van der Waals surface area contributed by atoms with E-state index in [0.717, 1.165) is 25.7 Å². The predicted molar refractivity (Wildman–Crippen MR) is 125 cm³/mol.